The lowest BCUT2D eigenvalue weighted by molar-refractivity contribution is -0.0441. The van der Waals surface area contributed by atoms with E-state index >= 15 is 0 Å². The van der Waals surface area contributed by atoms with Crippen molar-refractivity contribution in [1.29, 1.82) is 0 Å². The van der Waals surface area contributed by atoms with Crippen LogP contribution < -0.4 is 0 Å². The lowest BCUT2D eigenvalue weighted by Gasteiger charge is -2.21. The van der Waals surface area contributed by atoms with E-state index in [1.807, 2.05) is 0 Å². The Morgan fingerprint density at radius 2 is 2.44 bits per heavy atom. The zero-order valence-electron chi connectivity index (χ0n) is 5.03. The minimum absolute atomic E-state index is 0.120. The summed E-state index contributed by atoms with van der Waals surface area (Å²) in [5.74, 6) is 0. The first kappa shape index (κ1) is 6.74. The Labute approximate surface area is 53.6 Å². The highest BCUT2D eigenvalue weighted by atomic mass is 16.5. The van der Waals surface area contributed by atoms with E-state index in [4.69, 9.17) is 14.9 Å². The first-order valence-electron chi connectivity index (χ1n) is 2.92. The van der Waals surface area contributed by atoms with Crippen LogP contribution in [0.5, 0.6) is 0 Å². The molecule has 3 nitrogen and oxygen atoms in total. The second kappa shape index (κ2) is 2.96. The molecule has 2 N–H and O–H groups in total. The summed E-state index contributed by atoms with van der Waals surface area (Å²) in [5, 5.41) is 17.5. The van der Waals surface area contributed by atoms with Crippen LogP contribution in [0.3, 0.4) is 0 Å². The Hall–Kier alpha value is -0.380. The lowest BCUT2D eigenvalue weighted by Crippen LogP contribution is -2.33. The second-order valence-corrected chi connectivity index (χ2v) is 1.97. The van der Waals surface area contributed by atoms with Crippen LogP contribution in [0.15, 0.2) is 12.2 Å². The molecule has 0 saturated heterocycles. The highest BCUT2D eigenvalue weighted by Gasteiger charge is 2.18. The van der Waals surface area contributed by atoms with Crippen LogP contribution in [0, 0.1) is 0 Å². The Morgan fingerprint density at radius 3 is 2.89 bits per heavy atom. The molecule has 0 fully saturated rings. The fourth-order valence-electron chi connectivity index (χ4n) is 0.757. The summed E-state index contributed by atoms with van der Waals surface area (Å²) in [6.07, 6.45) is 2.31. The van der Waals surface area contributed by atoms with Gasteiger partial charge < -0.3 is 14.9 Å². The number of rotatable bonds is 1. The van der Waals surface area contributed by atoms with Crippen molar-refractivity contribution in [1.82, 2.24) is 0 Å². The molecule has 1 aliphatic rings. The van der Waals surface area contributed by atoms with Gasteiger partial charge in [0.1, 0.15) is 12.2 Å². The number of hydrogen-bond acceptors (Lipinski definition) is 3. The molecule has 0 saturated carbocycles. The van der Waals surface area contributed by atoms with Crippen LogP contribution >= 0.6 is 0 Å². The largest absolute Gasteiger partial charge is 0.394 e. The Balaban J connectivity index is 2.44. The van der Waals surface area contributed by atoms with Crippen LogP contribution in [-0.2, 0) is 4.74 Å². The lowest BCUT2D eigenvalue weighted by atomic mass is 10.2. The predicted octanol–water partition coefficient (Wildman–Crippen LogP) is -0.705. The van der Waals surface area contributed by atoms with Crippen molar-refractivity contribution in [2.75, 3.05) is 13.2 Å². The molecule has 0 aliphatic carbocycles. The van der Waals surface area contributed by atoms with Gasteiger partial charge in [-0.2, -0.15) is 0 Å². The highest BCUT2D eigenvalue weighted by molar-refractivity contribution is 4.96. The standard InChI is InChI=1S/C6H10O3/c7-4-6-5(8)2-1-3-9-6/h1-2,5-8H,3-4H2/t5-,6-/m0/s1. The zero-order chi connectivity index (χ0) is 6.69. The molecule has 0 spiro atoms. The maximum atomic E-state index is 9.00. The van der Waals surface area contributed by atoms with E-state index in [2.05, 4.69) is 0 Å². The SMILES string of the molecule is OC[C@@H]1OCC=C[C@@H]1O. The van der Waals surface area contributed by atoms with Crippen molar-refractivity contribution in [3.8, 4) is 0 Å². The maximum Gasteiger partial charge on any atom is 0.110 e. The quantitative estimate of drug-likeness (QED) is 0.461. The van der Waals surface area contributed by atoms with E-state index in [1.54, 1.807) is 12.2 Å². The van der Waals surface area contributed by atoms with E-state index in [1.165, 1.54) is 0 Å². The molecular weight excluding hydrogens is 120 g/mol. The molecule has 52 valence electrons. The van der Waals surface area contributed by atoms with Crippen LogP contribution in [0.2, 0.25) is 0 Å². The molecule has 9 heavy (non-hydrogen) atoms. The van der Waals surface area contributed by atoms with Gasteiger partial charge >= 0.3 is 0 Å². The summed E-state index contributed by atoms with van der Waals surface area (Å²) in [7, 11) is 0. The molecule has 0 bridgehead atoms. The van der Waals surface area contributed by atoms with Crippen molar-refractivity contribution < 1.29 is 14.9 Å². The van der Waals surface area contributed by atoms with Gasteiger partial charge in [-0.1, -0.05) is 12.2 Å². The van der Waals surface area contributed by atoms with Crippen molar-refractivity contribution >= 4 is 0 Å². The molecule has 1 aliphatic heterocycles. The summed E-state index contributed by atoms with van der Waals surface area (Å²) in [6, 6.07) is 0. The Morgan fingerprint density at radius 1 is 1.67 bits per heavy atom. The van der Waals surface area contributed by atoms with Crippen molar-refractivity contribution in [3.05, 3.63) is 12.2 Å². The fraction of sp³-hybridized carbons (Fsp3) is 0.667. The zero-order valence-corrected chi connectivity index (χ0v) is 5.03. The van der Waals surface area contributed by atoms with E-state index in [0.29, 0.717) is 6.61 Å². The highest BCUT2D eigenvalue weighted by Crippen LogP contribution is 2.05. The van der Waals surface area contributed by atoms with Gasteiger partial charge in [0.15, 0.2) is 0 Å². The van der Waals surface area contributed by atoms with Crippen molar-refractivity contribution in [2.24, 2.45) is 0 Å². The van der Waals surface area contributed by atoms with Gasteiger partial charge in [0.05, 0.1) is 13.2 Å². The van der Waals surface area contributed by atoms with E-state index in [9.17, 15) is 0 Å². The van der Waals surface area contributed by atoms with Gasteiger partial charge in [0.2, 0.25) is 0 Å². The predicted molar refractivity (Wildman–Crippen MR) is 32.0 cm³/mol. The normalized spacial score (nSPS) is 34.9. The molecule has 1 heterocycles. The third-order valence-corrected chi connectivity index (χ3v) is 1.30. The third kappa shape index (κ3) is 1.51. The number of ether oxygens (including phenoxy) is 1. The van der Waals surface area contributed by atoms with Crippen LogP contribution in [0.1, 0.15) is 0 Å². The summed E-state index contributed by atoms with van der Waals surface area (Å²) in [6.45, 7) is 0.369. The second-order valence-electron chi connectivity index (χ2n) is 1.97. The third-order valence-electron chi connectivity index (χ3n) is 1.30. The molecule has 0 aromatic rings. The van der Waals surface area contributed by atoms with Gasteiger partial charge in [0, 0.05) is 0 Å². The first-order chi connectivity index (χ1) is 4.34. The molecule has 2 atom stereocenters. The van der Waals surface area contributed by atoms with Crippen molar-refractivity contribution in [3.63, 3.8) is 0 Å². The average Bonchev–Trinajstić information content (AvgIpc) is 1.89. The number of aliphatic hydroxyl groups excluding tert-OH is 2. The smallest absolute Gasteiger partial charge is 0.110 e. The maximum absolute atomic E-state index is 9.00. The number of hydrogen-bond donors (Lipinski definition) is 2. The molecular formula is C6H10O3. The minimum atomic E-state index is -0.635. The number of aliphatic hydroxyl groups is 2. The molecule has 1 rings (SSSR count). The fourth-order valence-corrected chi connectivity index (χ4v) is 0.757. The summed E-state index contributed by atoms with van der Waals surface area (Å²) in [4.78, 5) is 0. The van der Waals surface area contributed by atoms with Crippen molar-refractivity contribution in [2.45, 2.75) is 12.2 Å². The van der Waals surface area contributed by atoms with Crippen LogP contribution in [-0.4, -0.2) is 35.6 Å². The van der Waals surface area contributed by atoms with E-state index in [-0.39, 0.29) is 6.61 Å². The van der Waals surface area contributed by atoms with Gasteiger partial charge in [0.25, 0.3) is 0 Å². The molecule has 0 aromatic heterocycles. The molecule has 0 aromatic carbocycles. The Kier molecular flexibility index (Phi) is 2.22. The average molecular weight is 130 g/mol. The van der Waals surface area contributed by atoms with Gasteiger partial charge in [-0.25, -0.2) is 0 Å². The molecule has 0 unspecified atom stereocenters. The van der Waals surface area contributed by atoms with E-state index < -0.39 is 12.2 Å². The van der Waals surface area contributed by atoms with Crippen LogP contribution in [0.25, 0.3) is 0 Å². The monoisotopic (exact) mass is 130 g/mol. The van der Waals surface area contributed by atoms with Gasteiger partial charge in [-0.05, 0) is 0 Å². The molecule has 3 heteroatoms. The minimum Gasteiger partial charge on any atom is -0.394 e. The summed E-state index contributed by atoms with van der Waals surface area (Å²) >= 11 is 0. The van der Waals surface area contributed by atoms with Crippen LogP contribution in [0.4, 0.5) is 0 Å². The summed E-state index contributed by atoms with van der Waals surface area (Å²) < 4.78 is 4.95. The van der Waals surface area contributed by atoms with E-state index in [0.717, 1.165) is 0 Å². The Bertz CT molecular complexity index is 111. The molecule has 0 amide bonds. The van der Waals surface area contributed by atoms with Gasteiger partial charge in [-0.3, -0.25) is 0 Å². The summed E-state index contributed by atoms with van der Waals surface area (Å²) in [5.41, 5.74) is 0. The van der Waals surface area contributed by atoms with Gasteiger partial charge in [-0.15, -0.1) is 0 Å². The molecule has 0 radical (unpaired) electrons. The topological polar surface area (TPSA) is 49.7 Å². The first-order valence-corrected chi connectivity index (χ1v) is 2.92.